The van der Waals surface area contributed by atoms with Crippen LogP contribution < -0.4 is 4.72 Å². The number of rotatable bonds is 4. The predicted molar refractivity (Wildman–Crippen MR) is 79.8 cm³/mol. The summed E-state index contributed by atoms with van der Waals surface area (Å²) in [6.07, 6.45) is 0. The van der Waals surface area contributed by atoms with Crippen LogP contribution in [-0.4, -0.2) is 13.5 Å². The molecule has 1 heterocycles. The second kappa shape index (κ2) is 5.99. The summed E-state index contributed by atoms with van der Waals surface area (Å²) < 4.78 is 53.3. The number of hydrogen-bond acceptors (Lipinski definition) is 4. The molecule has 9 heteroatoms. The highest BCUT2D eigenvalue weighted by molar-refractivity contribution is 9.10. The van der Waals surface area contributed by atoms with Crippen LogP contribution in [0.3, 0.4) is 0 Å². The number of aliphatic hydroxyl groups is 1. The van der Waals surface area contributed by atoms with Crippen LogP contribution in [0.2, 0.25) is 0 Å². The van der Waals surface area contributed by atoms with Gasteiger partial charge in [-0.3, -0.25) is 4.72 Å². The van der Waals surface area contributed by atoms with E-state index >= 15 is 0 Å². The number of halogens is 3. The van der Waals surface area contributed by atoms with E-state index in [4.69, 9.17) is 5.11 Å². The molecule has 1 aromatic heterocycles. The molecule has 0 bridgehead atoms. The maximum atomic E-state index is 13.7. The average Bonchev–Trinajstić information content (AvgIpc) is 2.76. The highest BCUT2D eigenvalue weighted by Gasteiger charge is 2.23. The maximum Gasteiger partial charge on any atom is 0.263 e. The van der Waals surface area contributed by atoms with Crippen molar-refractivity contribution >= 4 is 43.0 Å². The van der Waals surface area contributed by atoms with Gasteiger partial charge in [0.25, 0.3) is 10.0 Å². The first kappa shape index (κ1) is 16.3. The number of hydrogen-bond donors (Lipinski definition) is 2. The number of nitrogens with one attached hydrogen (secondary N) is 1. The smallest absolute Gasteiger partial charge is 0.263 e. The predicted octanol–water partition coefficient (Wildman–Crippen LogP) is 3.39. The van der Waals surface area contributed by atoms with Gasteiger partial charge in [0.05, 0.1) is 12.3 Å². The van der Waals surface area contributed by atoms with Crippen molar-refractivity contribution in [3.05, 3.63) is 44.1 Å². The van der Waals surface area contributed by atoms with Gasteiger partial charge in [-0.15, -0.1) is 11.3 Å². The minimum absolute atomic E-state index is 0.0427. The minimum atomic E-state index is -4.03. The number of thiophene rings is 1. The van der Waals surface area contributed by atoms with Crippen molar-refractivity contribution in [1.82, 2.24) is 0 Å². The second-order valence-corrected chi connectivity index (χ2v) is 7.99. The van der Waals surface area contributed by atoms with Crippen LogP contribution in [0.15, 0.2) is 27.6 Å². The van der Waals surface area contributed by atoms with Gasteiger partial charge < -0.3 is 5.11 Å². The monoisotopic (exact) mass is 397 g/mol. The molecule has 0 aliphatic heterocycles. The highest BCUT2D eigenvalue weighted by Crippen LogP contribution is 2.32. The fraction of sp³-hybridized carbons (Fsp3) is 0.167. The van der Waals surface area contributed by atoms with Gasteiger partial charge in [0.1, 0.15) is 10.7 Å². The lowest BCUT2D eigenvalue weighted by atomic mass is 10.3. The van der Waals surface area contributed by atoms with Gasteiger partial charge in [-0.25, -0.2) is 17.2 Å². The Balaban J connectivity index is 2.44. The normalized spacial score (nSPS) is 11.7. The maximum absolute atomic E-state index is 13.7. The first-order valence-electron chi connectivity index (χ1n) is 5.62. The molecular weight excluding hydrogens is 388 g/mol. The van der Waals surface area contributed by atoms with E-state index in [0.717, 1.165) is 17.4 Å². The topological polar surface area (TPSA) is 66.4 Å². The molecule has 0 saturated carbocycles. The molecule has 0 unspecified atom stereocenters. The zero-order valence-electron chi connectivity index (χ0n) is 10.7. The number of benzene rings is 1. The van der Waals surface area contributed by atoms with E-state index in [9.17, 15) is 17.2 Å². The van der Waals surface area contributed by atoms with E-state index < -0.39 is 21.7 Å². The van der Waals surface area contributed by atoms with Crippen LogP contribution in [0, 0.1) is 18.6 Å². The number of aliphatic hydroxyl groups excluding tert-OH is 1. The van der Waals surface area contributed by atoms with Crippen LogP contribution in [0.25, 0.3) is 0 Å². The van der Waals surface area contributed by atoms with Gasteiger partial charge in [0.15, 0.2) is 5.82 Å². The Morgan fingerprint density at radius 3 is 2.52 bits per heavy atom. The van der Waals surface area contributed by atoms with Crippen molar-refractivity contribution in [3.8, 4) is 0 Å². The largest absolute Gasteiger partial charge is 0.391 e. The van der Waals surface area contributed by atoms with Crippen LogP contribution in [0.5, 0.6) is 0 Å². The number of aryl methyl sites for hydroxylation is 1. The molecule has 21 heavy (non-hydrogen) atoms. The van der Waals surface area contributed by atoms with Crippen molar-refractivity contribution in [2.24, 2.45) is 0 Å². The van der Waals surface area contributed by atoms with Gasteiger partial charge in [-0.05, 0) is 35.0 Å². The molecule has 2 aromatic rings. The Hall–Kier alpha value is -1.03. The SMILES string of the molecule is Cc1sc(CO)cc1S(=O)(=O)Nc1c(F)cc(F)cc1Br. The molecule has 1 aromatic carbocycles. The first-order chi connectivity index (χ1) is 9.74. The van der Waals surface area contributed by atoms with Crippen LogP contribution in [0.4, 0.5) is 14.5 Å². The van der Waals surface area contributed by atoms with Crippen LogP contribution in [-0.2, 0) is 16.6 Å². The molecule has 2 rings (SSSR count). The third kappa shape index (κ3) is 3.42. The Morgan fingerprint density at radius 2 is 2.00 bits per heavy atom. The fourth-order valence-corrected chi connectivity index (χ4v) is 4.92. The standard InChI is InChI=1S/C12H10BrF2NO3S2/c1-6-11(4-8(5-17)20-6)21(18,19)16-12-9(13)2-7(14)3-10(12)15/h2-4,16-17H,5H2,1H3. The Bertz CT molecular complexity index is 767. The zero-order valence-corrected chi connectivity index (χ0v) is 13.9. The summed E-state index contributed by atoms with van der Waals surface area (Å²) in [5.41, 5.74) is -0.368. The zero-order chi connectivity index (χ0) is 15.8. The van der Waals surface area contributed by atoms with Crippen molar-refractivity contribution in [1.29, 1.82) is 0 Å². The van der Waals surface area contributed by atoms with Crippen molar-refractivity contribution in [3.63, 3.8) is 0 Å². The van der Waals surface area contributed by atoms with Crippen molar-refractivity contribution in [2.75, 3.05) is 4.72 Å². The Morgan fingerprint density at radius 1 is 1.33 bits per heavy atom. The van der Waals surface area contributed by atoms with E-state index in [1.54, 1.807) is 6.92 Å². The molecule has 0 amide bonds. The first-order valence-corrected chi connectivity index (χ1v) is 8.71. The molecule has 0 radical (unpaired) electrons. The summed E-state index contributed by atoms with van der Waals surface area (Å²) in [5, 5.41) is 9.04. The second-order valence-electron chi connectivity index (χ2n) is 4.14. The fourth-order valence-electron chi connectivity index (χ4n) is 1.70. The minimum Gasteiger partial charge on any atom is -0.391 e. The molecule has 0 atom stereocenters. The molecular formula is C12H10BrF2NO3S2. The van der Waals surface area contributed by atoms with Gasteiger partial charge in [0.2, 0.25) is 0 Å². The lowest BCUT2D eigenvalue weighted by molar-refractivity contribution is 0.285. The van der Waals surface area contributed by atoms with E-state index in [0.29, 0.717) is 15.8 Å². The lowest BCUT2D eigenvalue weighted by Gasteiger charge is -2.10. The average molecular weight is 398 g/mol. The van der Waals surface area contributed by atoms with Crippen molar-refractivity contribution in [2.45, 2.75) is 18.4 Å². The molecule has 2 N–H and O–H groups in total. The summed E-state index contributed by atoms with van der Waals surface area (Å²) in [6.45, 7) is 1.30. The summed E-state index contributed by atoms with van der Waals surface area (Å²) >= 11 is 4.04. The quantitative estimate of drug-likeness (QED) is 0.830. The number of sulfonamides is 1. The third-order valence-corrected chi connectivity index (χ3v) is 5.88. The van der Waals surface area contributed by atoms with Gasteiger partial charge in [-0.2, -0.15) is 0 Å². The van der Waals surface area contributed by atoms with E-state index in [2.05, 4.69) is 20.7 Å². The van der Waals surface area contributed by atoms with Crippen LogP contribution >= 0.6 is 27.3 Å². The molecule has 0 aliphatic rings. The van der Waals surface area contributed by atoms with E-state index in [1.807, 2.05) is 0 Å². The summed E-state index contributed by atoms with van der Waals surface area (Å²) in [4.78, 5) is 0.892. The number of anilines is 1. The molecule has 0 aliphatic carbocycles. The van der Waals surface area contributed by atoms with E-state index in [-0.39, 0.29) is 21.7 Å². The van der Waals surface area contributed by atoms with Crippen LogP contribution in [0.1, 0.15) is 9.75 Å². The molecule has 114 valence electrons. The molecule has 0 fully saturated rings. The van der Waals surface area contributed by atoms with Gasteiger partial charge in [-0.1, -0.05) is 0 Å². The van der Waals surface area contributed by atoms with Gasteiger partial charge >= 0.3 is 0 Å². The van der Waals surface area contributed by atoms with Crippen molar-refractivity contribution < 1.29 is 22.3 Å². The molecule has 0 spiro atoms. The summed E-state index contributed by atoms with van der Waals surface area (Å²) in [5.74, 6) is -1.85. The summed E-state index contributed by atoms with van der Waals surface area (Å²) in [7, 11) is -4.03. The lowest BCUT2D eigenvalue weighted by Crippen LogP contribution is -2.14. The highest BCUT2D eigenvalue weighted by atomic mass is 79.9. The Kier molecular flexibility index (Phi) is 4.66. The summed E-state index contributed by atoms with van der Waals surface area (Å²) in [6, 6.07) is 2.86. The Labute approximate surface area is 132 Å². The third-order valence-electron chi connectivity index (χ3n) is 2.61. The van der Waals surface area contributed by atoms with E-state index in [1.165, 1.54) is 6.07 Å². The van der Waals surface area contributed by atoms with Gasteiger partial charge in [0, 0.05) is 20.3 Å². The molecule has 4 nitrogen and oxygen atoms in total. The molecule has 0 saturated heterocycles.